The summed E-state index contributed by atoms with van der Waals surface area (Å²) in [6.07, 6.45) is 2.42. The van der Waals surface area contributed by atoms with Gasteiger partial charge in [-0.1, -0.05) is 18.7 Å². The van der Waals surface area contributed by atoms with Crippen LogP contribution >= 0.6 is 11.8 Å². The Kier molecular flexibility index (Phi) is 10.7. The molecule has 3 nitrogen and oxygen atoms in total. The predicted molar refractivity (Wildman–Crippen MR) is 67.3 cm³/mol. The Morgan fingerprint density at radius 3 is 2.64 bits per heavy atom. The van der Waals surface area contributed by atoms with Gasteiger partial charge in [-0.2, -0.15) is 0 Å². The summed E-state index contributed by atoms with van der Waals surface area (Å²) < 4.78 is 0. The molecule has 0 rings (SSSR count). The molecule has 0 saturated carbocycles. The second kappa shape index (κ2) is 10.9. The van der Waals surface area contributed by atoms with Crippen molar-refractivity contribution >= 4 is 16.9 Å². The van der Waals surface area contributed by atoms with Gasteiger partial charge in [-0.05, 0) is 32.9 Å². The van der Waals surface area contributed by atoms with Crippen LogP contribution in [0.1, 0.15) is 26.7 Å². The lowest BCUT2D eigenvalue weighted by Gasteiger charge is -2.06. The Labute approximate surface area is 92.1 Å². The number of hydrogen-bond donors (Lipinski definition) is 2. The second-order valence-corrected chi connectivity index (χ2v) is 4.09. The van der Waals surface area contributed by atoms with Crippen LogP contribution in [0.2, 0.25) is 0 Å². The van der Waals surface area contributed by atoms with E-state index in [1.165, 1.54) is 12.8 Å². The van der Waals surface area contributed by atoms with Crippen molar-refractivity contribution in [2.75, 3.05) is 32.4 Å². The van der Waals surface area contributed by atoms with Gasteiger partial charge in [0.1, 0.15) is 0 Å². The van der Waals surface area contributed by atoms with E-state index in [2.05, 4.69) is 29.5 Å². The zero-order chi connectivity index (χ0) is 10.6. The molecule has 0 fully saturated rings. The van der Waals surface area contributed by atoms with E-state index >= 15 is 0 Å². The molecule has 4 heteroatoms. The van der Waals surface area contributed by atoms with Gasteiger partial charge in [0.15, 0.2) is 5.17 Å². The Morgan fingerprint density at radius 1 is 1.29 bits per heavy atom. The highest BCUT2D eigenvalue weighted by molar-refractivity contribution is 8.13. The number of amidine groups is 1. The molecule has 0 aromatic heterocycles. The molecule has 0 heterocycles. The lowest BCUT2D eigenvalue weighted by molar-refractivity contribution is 0.665. The molecule has 84 valence electrons. The van der Waals surface area contributed by atoms with Gasteiger partial charge in [0, 0.05) is 19.3 Å². The average molecular weight is 217 g/mol. The highest BCUT2D eigenvalue weighted by Crippen LogP contribution is 2.02. The van der Waals surface area contributed by atoms with Crippen LogP contribution in [0, 0.1) is 0 Å². The zero-order valence-electron chi connectivity index (χ0n) is 9.60. The van der Waals surface area contributed by atoms with Crippen LogP contribution in [0.4, 0.5) is 0 Å². The Morgan fingerprint density at radius 2 is 2.07 bits per heavy atom. The van der Waals surface area contributed by atoms with Gasteiger partial charge in [-0.3, -0.25) is 4.99 Å². The third kappa shape index (κ3) is 8.38. The lowest BCUT2D eigenvalue weighted by atomic mass is 10.4. The largest absolute Gasteiger partial charge is 0.365 e. The highest BCUT2D eigenvalue weighted by Gasteiger charge is 1.96. The smallest absolute Gasteiger partial charge is 0.156 e. The highest BCUT2D eigenvalue weighted by atomic mass is 32.2. The van der Waals surface area contributed by atoms with E-state index < -0.39 is 0 Å². The third-order valence-corrected chi connectivity index (χ3v) is 2.79. The topological polar surface area (TPSA) is 36.4 Å². The number of hydrogen-bond acceptors (Lipinski definition) is 3. The van der Waals surface area contributed by atoms with Gasteiger partial charge in [0.2, 0.25) is 0 Å². The fourth-order valence-electron chi connectivity index (χ4n) is 1.01. The molecule has 0 atom stereocenters. The predicted octanol–water partition coefficient (Wildman–Crippen LogP) is 1.70. The summed E-state index contributed by atoms with van der Waals surface area (Å²) in [4.78, 5) is 4.16. The van der Waals surface area contributed by atoms with E-state index in [-0.39, 0.29) is 0 Å². The summed E-state index contributed by atoms with van der Waals surface area (Å²) in [5, 5.41) is 7.67. The minimum atomic E-state index is 0.952. The van der Waals surface area contributed by atoms with Crippen LogP contribution in [-0.2, 0) is 0 Å². The van der Waals surface area contributed by atoms with Crippen molar-refractivity contribution in [2.24, 2.45) is 4.99 Å². The molecule has 0 aliphatic rings. The number of nitrogens with one attached hydrogen (secondary N) is 2. The molecule has 0 spiro atoms. The van der Waals surface area contributed by atoms with Crippen molar-refractivity contribution in [3.63, 3.8) is 0 Å². The number of rotatable bonds is 7. The molecule has 14 heavy (non-hydrogen) atoms. The van der Waals surface area contributed by atoms with Crippen molar-refractivity contribution in [1.82, 2.24) is 10.6 Å². The maximum Gasteiger partial charge on any atom is 0.156 e. The van der Waals surface area contributed by atoms with Gasteiger partial charge in [0.05, 0.1) is 0 Å². The van der Waals surface area contributed by atoms with Crippen molar-refractivity contribution in [3.05, 3.63) is 0 Å². The van der Waals surface area contributed by atoms with E-state index in [4.69, 9.17) is 0 Å². The van der Waals surface area contributed by atoms with E-state index in [1.807, 2.05) is 7.05 Å². The van der Waals surface area contributed by atoms with Crippen molar-refractivity contribution < 1.29 is 0 Å². The Hall–Kier alpha value is -0.220. The monoisotopic (exact) mass is 217 g/mol. The first-order valence-corrected chi connectivity index (χ1v) is 6.37. The average Bonchev–Trinajstić information content (AvgIpc) is 2.21. The summed E-state index contributed by atoms with van der Waals surface area (Å²) in [5.41, 5.74) is 0. The van der Waals surface area contributed by atoms with Crippen LogP contribution in [0.5, 0.6) is 0 Å². The van der Waals surface area contributed by atoms with Gasteiger partial charge in [-0.25, -0.2) is 0 Å². The van der Waals surface area contributed by atoms with Crippen molar-refractivity contribution in [1.29, 1.82) is 0 Å². The number of aliphatic imine (C=N–C) groups is 1. The van der Waals surface area contributed by atoms with Gasteiger partial charge in [-0.15, -0.1) is 0 Å². The zero-order valence-corrected chi connectivity index (χ0v) is 10.4. The first-order chi connectivity index (χ1) is 6.85. The first-order valence-electron chi connectivity index (χ1n) is 5.39. The van der Waals surface area contributed by atoms with Crippen LogP contribution in [0.3, 0.4) is 0 Å². The lowest BCUT2D eigenvalue weighted by Crippen LogP contribution is -2.21. The Bertz CT molecular complexity index is 148. The van der Waals surface area contributed by atoms with Crippen LogP contribution in [-0.4, -0.2) is 37.6 Å². The van der Waals surface area contributed by atoms with E-state index in [0.717, 1.165) is 30.6 Å². The number of thioether (sulfide) groups is 1. The maximum absolute atomic E-state index is 4.16. The summed E-state index contributed by atoms with van der Waals surface area (Å²) in [6, 6.07) is 0. The number of nitrogens with zero attached hydrogens (tertiary/aromatic N) is 1. The summed E-state index contributed by atoms with van der Waals surface area (Å²) in [6.45, 7) is 7.48. The van der Waals surface area contributed by atoms with Crippen molar-refractivity contribution in [3.8, 4) is 0 Å². The molecule has 0 aliphatic heterocycles. The second-order valence-electron chi connectivity index (χ2n) is 3.01. The molecule has 2 N–H and O–H groups in total. The van der Waals surface area contributed by atoms with Crippen LogP contribution in [0.15, 0.2) is 4.99 Å². The molecular weight excluding hydrogens is 194 g/mol. The van der Waals surface area contributed by atoms with Crippen molar-refractivity contribution in [2.45, 2.75) is 26.7 Å². The van der Waals surface area contributed by atoms with E-state index in [9.17, 15) is 0 Å². The SMILES string of the molecule is CCCNCCCS/C(=N\C)NCC. The third-order valence-electron chi connectivity index (χ3n) is 1.69. The van der Waals surface area contributed by atoms with Gasteiger partial charge < -0.3 is 10.6 Å². The summed E-state index contributed by atoms with van der Waals surface area (Å²) in [7, 11) is 1.83. The molecule has 0 amide bonds. The maximum atomic E-state index is 4.16. The summed E-state index contributed by atoms with van der Waals surface area (Å²) in [5.74, 6) is 1.14. The standard InChI is InChI=1S/C10H23N3S/c1-4-7-12-8-6-9-14-10(11-3)13-5-2/h12H,4-9H2,1-3H3,(H,11,13). The molecule has 0 aromatic carbocycles. The fraction of sp³-hybridized carbons (Fsp3) is 0.900. The fourth-order valence-corrected chi connectivity index (χ4v) is 1.87. The minimum absolute atomic E-state index is 0.952. The molecule has 0 unspecified atom stereocenters. The molecule has 0 bridgehead atoms. The molecule has 0 radical (unpaired) electrons. The molecule has 0 saturated heterocycles. The van der Waals surface area contributed by atoms with Crippen LogP contribution in [0.25, 0.3) is 0 Å². The molecule has 0 aromatic rings. The normalized spacial score (nSPS) is 11.8. The van der Waals surface area contributed by atoms with E-state index in [1.54, 1.807) is 11.8 Å². The summed E-state index contributed by atoms with van der Waals surface area (Å²) >= 11 is 1.80. The molecular formula is C10H23N3S. The van der Waals surface area contributed by atoms with E-state index in [0.29, 0.717) is 0 Å². The first kappa shape index (κ1) is 13.8. The molecule has 0 aliphatic carbocycles. The quantitative estimate of drug-likeness (QED) is 0.387. The van der Waals surface area contributed by atoms with Gasteiger partial charge in [0.25, 0.3) is 0 Å². The Balaban J connectivity index is 3.25. The van der Waals surface area contributed by atoms with Crippen LogP contribution < -0.4 is 10.6 Å². The van der Waals surface area contributed by atoms with Gasteiger partial charge >= 0.3 is 0 Å². The minimum Gasteiger partial charge on any atom is -0.365 e.